The average molecular weight is 304 g/mol. The lowest BCUT2D eigenvalue weighted by atomic mass is 9.92. The fraction of sp³-hybridized carbons (Fsp3) is 0.200. The molecule has 0 spiro atoms. The van der Waals surface area contributed by atoms with E-state index in [1.165, 1.54) is 6.92 Å². The van der Waals surface area contributed by atoms with Crippen LogP contribution in [0.4, 0.5) is 0 Å². The summed E-state index contributed by atoms with van der Waals surface area (Å²) in [4.78, 5) is 23.7. The summed E-state index contributed by atoms with van der Waals surface area (Å²) in [5.41, 5.74) is 2.63. The lowest BCUT2D eigenvalue weighted by Crippen LogP contribution is -2.06. The van der Waals surface area contributed by atoms with E-state index in [0.29, 0.717) is 5.56 Å². The number of Topliss-reactive ketones (excluding diaryl/α,β-unsaturated/α-hetero) is 1. The predicted octanol–water partition coefficient (Wildman–Crippen LogP) is 4.49. The van der Waals surface area contributed by atoms with E-state index < -0.39 is 6.10 Å². The molecule has 0 heterocycles. The SMILES string of the molecule is CC(=O)OC1CC(=O)c2cc(C)c3c(ccc4ccccc43)c21. The van der Waals surface area contributed by atoms with E-state index in [0.717, 1.165) is 32.7 Å². The highest BCUT2D eigenvalue weighted by Gasteiger charge is 2.34. The smallest absolute Gasteiger partial charge is 0.303 e. The third-order valence-corrected chi connectivity index (χ3v) is 4.57. The first-order valence-corrected chi connectivity index (χ1v) is 7.71. The summed E-state index contributed by atoms with van der Waals surface area (Å²) in [6.07, 6.45) is -0.237. The van der Waals surface area contributed by atoms with Crippen molar-refractivity contribution in [3.63, 3.8) is 0 Å². The maximum Gasteiger partial charge on any atom is 0.303 e. The molecule has 114 valence electrons. The normalized spacial score (nSPS) is 16.8. The number of ether oxygens (including phenoxy) is 1. The summed E-state index contributed by atoms with van der Waals surface area (Å²) < 4.78 is 5.41. The monoisotopic (exact) mass is 304 g/mol. The largest absolute Gasteiger partial charge is 0.457 e. The fourth-order valence-electron chi connectivity index (χ4n) is 3.69. The van der Waals surface area contributed by atoms with Crippen molar-refractivity contribution in [2.45, 2.75) is 26.4 Å². The standard InChI is InChI=1S/C20H16O3/c1-11-9-16-17(22)10-18(23-12(2)21)20(16)15-8-7-13-5-3-4-6-14(13)19(11)15/h3-9,18H,10H2,1-2H3. The molecule has 0 saturated carbocycles. The molecule has 3 aromatic carbocycles. The van der Waals surface area contributed by atoms with Gasteiger partial charge in [0.05, 0.1) is 6.42 Å². The first kappa shape index (κ1) is 13.9. The molecular formula is C20H16O3. The van der Waals surface area contributed by atoms with Crippen LogP contribution in [0.1, 0.15) is 40.9 Å². The zero-order chi connectivity index (χ0) is 16.1. The maximum absolute atomic E-state index is 12.3. The van der Waals surface area contributed by atoms with Gasteiger partial charge in [-0.2, -0.15) is 0 Å². The van der Waals surface area contributed by atoms with E-state index in [4.69, 9.17) is 4.74 Å². The van der Waals surface area contributed by atoms with Gasteiger partial charge in [0.15, 0.2) is 5.78 Å². The Bertz CT molecular complexity index is 985. The summed E-state index contributed by atoms with van der Waals surface area (Å²) in [7, 11) is 0. The van der Waals surface area contributed by atoms with Gasteiger partial charge in [0.1, 0.15) is 6.10 Å². The van der Waals surface area contributed by atoms with Crippen LogP contribution in [0.2, 0.25) is 0 Å². The van der Waals surface area contributed by atoms with Crippen molar-refractivity contribution in [2.75, 3.05) is 0 Å². The molecule has 0 bridgehead atoms. The molecule has 0 aliphatic heterocycles. The fourth-order valence-corrected chi connectivity index (χ4v) is 3.69. The molecule has 1 aliphatic carbocycles. The number of carbonyl (C=O) groups excluding carboxylic acids is 2. The van der Waals surface area contributed by atoms with Crippen LogP contribution in [0.25, 0.3) is 21.5 Å². The third kappa shape index (κ3) is 2.04. The molecule has 0 saturated heterocycles. The van der Waals surface area contributed by atoms with Crippen molar-refractivity contribution in [1.29, 1.82) is 0 Å². The minimum atomic E-state index is -0.473. The number of aryl methyl sites for hydroxylation is 1. The third-order valence-electron chi connectivity index (χ3n) is 4.57. The Morgan fingerprint density at radius 1 is 1.13 bits per heavy atom. The number of benzene rings is 3. The highest BCUT2D eigenvalue weighted by atomic mass is 16.5. The van der Waals surface area contributed by atoms with Crippen molar-refractivity contribution in [2.24, 2.45) is 0 Å². The average Bonchev–Trinajstić information content (AvgIpc) is 2.82. The lowest BCUT2D eigenvalue weighted by Gasteiger charge is -2.16. The van der Waals surface area contributed by atoms with Gasteiger partial charge in [-0.3, -0.25) is 9.59 Å². The Hall–Kier alpha value is -2.68. The van der Waals surface area contributed by atoms with Gasteiger partial charge < -0.3 is 4.74 Å². The van der Waals surface area contributed by atoms with Crippen molar-refractivity contribution >= 4 is 33.3 Å². The molecule has 3 nitrogen and oxygen atoms in total. The van der Waals surface area contributed by atoms with E-state index in [1.807, 2.05) is 31.2 Å². The number of fused-ring (bicyclic) bond motifs is 5. The molecule has 0 radical (unpaired) electrons. The van der Waals surface area contributed by atoms with Crippen LogP contribution >= 0.6 is 0 Å². The van der Waals surface area contributed by atoms with Crippen LogP contribution in [0.15, 0.2) is 42.5 Å². The van der Waals surface area contributed by atoms with E-state index in [9.17, 15) is 9.59 Å². The van der Waals surface area contributed by atoms with Crippen molar-refractivity contribution in [3.05, 3.63) is 59.2 Å². The first-order valence-electron chi connectivity index (χ1n) is 7.71. The number of hydrogen-bond acceptors (Lipinski definition) is 3. The summed E-state index contributed by atoms with van der Waals surface area (Å²) in [6, 6.07) is 14.2. The van der Waals surface area contributed by atoms with Crippen LogP contribution in [0, 0.1) is 6.92 Å². The van der Waals surface area contributed by atoms with Gasteiger partial charge in [-0.25, -0.2) is 0 Å². The second-order valence-corrected chi connectivity index (χ2v) is 6.09. The minimum absolute atomic E-state index is 0.0457. The van der Waals surface area contributed by atoms with Crippen molar-refractivity contribution in [1.82, 2.24) is 0 Å². The molecule has 3 heteroatoms. The van der Waals surface area contributed by atoms with Gasteiger partial charge in [-0.1, -0.05) is 36.4 Å². The van der Waals surface area contributed by atoms with E-state index in [1.54, 1.807) is 0 Å². The van der Waals surface area contributed by atoms with Crippen molar-refractivity contribution in [3.8, 4) is 0 Å². The molecule has 0 aromatic heterocycles. The Balaban J connectivity index is 2.10. The molecule has 0 fully saturated rings. The highest BCUT2D eigenvalue weighted by molar-refractivity contribution is 6.15. The number of esters is 1. The predicted molar refractivity (Wildman–Crippen MR) is 89.6 cm³/mol. The Kier molecular flexibility index (Phi) is 2.98. The van der Waals surface area contributed by atoms with Gasteiger partial charge in [-0.05, 0) is 40.1 Å². The zero-order valence-electron chi connectivity index (χ0n) is 13.1. The second kappa shape index (κ2) is 4.92. The second-order valence-electron chi connectivity index (χ2n) is 6.09. The molecule has 4 rings (SSSR count). The van der Waals surface area contributed by atoms with E-state index in [2.05, 4.69) is 18.2 Å². The molecule has 1 atom stereocenters. The number of hydrogen-bond donors (Lipinski definition) is 0. The summed E-state index contributed by atoms with van der Waals surface area (Å²) in [6.45, 7) is 3.41. The zero-order valence-corrected chi connectivity index (χ0v) is 13.1. The first-order chi connectivity index (χ1) is 11.1. The van der Waals surface area contributed by atoms with E-state index >= 15 is 0 Å². The molecule has 0 amide bonds. The summed E-state index contributed by atoms with van der Waals surface area (Å²) >= 11 is 0. The Morgan fingerprint density at radius 2 is 1.91 bits per heavy atom. The number of carbonyl (C=O) groups is 2. The van der Waals surface area contributed by atoms with Gasteiger partial charge in [0.25, 0.3) is 0 Å². The quantitative estimate of drug-likeness (QED) is 0.491. The van der Waals surface area contributed by atoms with Gasteiger partial charge >= 0.3 is 5.97 Å². The molecule has 1 aliphatic rings. The maximum atomic E-state index is 12.3. The molecule has 1 unspecified atom stereocenters. The Labute approximate surface area is 133 Å². The highest BCUT2D eigenvalue weighted by Crippen LogP contribution is 2.42. The van der Waals surface area contributed by atoms with E-state index in [-0.39, 0.29) is 18.2 Å². The Morgan fingerprint density at radius 3 is 2.70 bits per heavy atom. The summed E-state index contributed by atoms with van der Waals surface area (Å²) in [5.74, 6) is -0.311. The number of ketones is 1. The molecular weight excluding hydrogens is 288 g/mol. The van der Waals surface area contributed by atoms with Crippen LogP contribution in [0.5, 0.6) is 0 Å². The van der Waals surface area contributed by atoms with Crippen LogP contribution in [-0.2, 0) is 9.53 Å². The van der Waals surface area contributed by atoms with Gasteiger partial charge in [0, 0.05) is 18.1 Å². The molecule has 0 N–H and O–H groups in total. The van der Waals surface area contributed by atoms with Gasteiger partial charge in [0.2, 0.25) is 0 Å². The molecule has 3 aromatic rings. The topological polar surface area (TPSA) is 43.4 Å². The van der Waals surface area contributed by atoms with Gasteiger partial charge in [-0.15, -0.1) is 0 Å². The minimum Gasteiger partial charge on any atom is -0.457 e. The summed E-state index contributed by atoms with van der Waals surface area (Å²) in [5, 5.41) is 4.46. The van der Waals surface area contributed by atoms with Crippen LogP contribution in [0.3, 0.4) is 0 Å². The number of rotatable bonds is 1. The molecule has 23 heavy (non-hydrogen) atoms. The van der Waals surface area contributed by atoms with Crippen LogP contribution in [-0.4, -0.2) is 11.8 Å². The lowest BCUT2D eigenvalue weighted by molar-refractivity contribution is -0.146. The van der Waals surface area contributed by atoms with Crippen molar-refractivity contribution < 1.29 is 14.3 Å². The van der Waals surface area contributed by atoms with Crippen LogP contribution < -0.4 is 0 Å².